The van der Waals surface area contributed by atoms with Crippen molar-refractivity contribution in [3.05, 3.63) is 71.8 Å². The molecule has 2 aromatic rings. The monoisotopic (exact) mass is 365 g/mol. The van der Waals surface area contributed by atoms with E-state index in [1.807, 2.05) is 30.3 Å². The molecule has 142 valence electrons. The lowest BCUT2D eigenvalue weighted by molar-refractivity contribution is -0.111. The maximum atomic E-state index is 12.2. The zero-order chi connectivity index (χ0) is 19.5. The first-order valence-corrected chi connectivity index (χ1v) is 9.27. The molecule has 5 heteroatoms. The van der Waals surface area contributed by atoms with Gasteiger partial charge < -0.3 is 15.5 Å². The van der Waals surface area contributed by atoms with Crippen LogP contribution < -0.4 is 10.6 Å². The van der Waals surface area contributed by atoms with Crippen LogP contribution in [0.15, 0.2) is 60.7 Å². The molecule has 0 aliphatic heterocycles. The van der Waals surface area contributed by atoms with Gasteiger partial charge in [0.1, 0.15) is 0 Å². The Balaban J connectivity index is 1.82. The summed E-state index contributed by atoms with van der Waals surface area (Å²) in [6.45, 7) is 7.60. The standard InChI is InChI=1S/C22H27N3O2/c1-3-25(4-2)17-16-23-22(27)19-11-13-20(14-12-19)24-21(26)15-10-18-8-6-5-7-9-18/h5-15H,3-4,16-17H2,1-2H3,(H,23,27)(H,24,26)/b15-10+. The molecule has 2 amide bonds. The second-order valence-electron chi connectivity index (χ2n) is 6.09. The molecule has 0 saturated heterocycles. The summed E-state index contributed by atoms with van der Waals surface area (Å²) < 4.78 is 0. The highest BCUT2D eigenvalue weighted by Gasteiger charge is 2.06. The quantitative estimate of drug-likeness (QED) is 0.670. The Morgan fingerprint density at radius 1 is 0.963 bits per heavy atom. The number of likely N-dealkylation sites (N-methyl/N-ethyl adjacent to an activating group) is 1. The maximum absolute atomic E-state index is 12.2. The van der Waals surface area contributed by atoms with Crippen LogP contribution in [0.1, 0.15) is 29.8 Å². The topological polar surface area (TPSA) is 61.4 Å². The van der Waals surface area contributed by atoms with E-state index >= 15 is 0 Å². The van der Waals surface area contributed by atoms with Crippen molar-refractivity contribution in [3.8, 4) is 0 Å². The van der Waals surface area contributed by atoms with E-state index in [4.69, 9.17) is 0 Å². The first-order chi connectivity index (χ1) is 13.1. The van der Waals surface area contributed by atoms with Crippen LogP contribution in [0.2, 0.25) is 0 Å². The van der Waals surface area contributed by atoms with Gasteiger partial charge >= 0.3 is 0 Å². The number of nitrogens with zero attached hydrogens (tertiary/aromatic N) is 1. The van der Waals surface area contributed by atoms with Gasteiger partial charge in [0, 0.05) is 30.4 Å². The smallest absolute Gasteiger partial charge is 0.251 e. The molecule has 2 N–H and O–H groups in total. The molecule has 2 aromatic carbocycles. The fourth-order valence-corrected chi connectivity index (χ4v) is 2.59. The Bertz CT molecular complexity index is 751. The third-order valence-corrected chi connectivity index (χ3v) is 4.25. The molecule has 0 aromatic heterocycles. The van der Waals surface area contributed by atoms with E-state index in [1.54, 1.807) is 30.3 Å². The predicted octanol–water partition coefficient (Wildman–Crippen LogP) is 3.41. The second-order valence-corrected chi connectivity index (χ2v) is 6.09. The lowest BCUT2D eigenvalue weighted by atomic mass is 10.2. The summed E-state index contributed by atoms with van der Waals surface area (Å²) in [6.07, 6.45) is 3.25. The first-order valence-electron chi connectivity index (χ1n) is 9.27. The molecule has 0 aliphatic carbocycles. The van der Waals surface area contributed by atoms with E-state index in [0.717, 1.165) is 25.2 Å². The van der Waals surface area contributed by atoms with Crippen LogP contribution in [0.3, 0.4) is 0 Å². The number of rotatable bonds is 9. The molecule has 0 aliphatic rings. The number of anilines is 1. The van der Waals surface area contributed by atoms with Crippen molar-refractivity contribution >= 4 is 23.6 Å². The van der Waals surface area contributed by atoms with Gasteiger partial charge in [0.15, 0.2) is 0 Å². The number of benzene rings is 2. The highest BCUT2D eigenvalue weighted by atomic mass is 16.2. The van der Waals surface area contributed by atoms with Crippen molar-refractivity contribution in [2.45, 2.75) is 13.8 Å². The van der Waals surface area contributed by atoms with E-state index in [0.29, 0.717) is 17.8 Å². The van der Waals surface area contributed by atoms with Gasteiger partial charge in [-0.2, -0.15) is 0 Å². The molecule has 0 heterocycles. The Morgan fingerprint density at radius 3 is 2.26 bits per heavy atom. The average Bonchev–Trinajstić information content (AvgIpc) is 2.71. The zero-order valence-electron chi connectivity index (χ0n) is 15.9. The molecule has 0 bridgehead atoms. The van der Waals surface area contributed by atoms with Crippen molar-refractivity contribution in [2.75, 3.05) is 31.5 Å². The van der Waals surface area contributed by atoms with Gasteiger partial charge in [0.2, 0.25) is 5.91 Å². The minimum atomic E-state index is -0.213. The summed E-state index contributed by atoms with van der Waals surface area (Å²) in [5.74, 6) is -0.320. The van der Waals surface area contributed by atoms with Crippen LogP contribution in [0.4, 0.5) is 5.69 Å². The minimum absolute atomic E-state index is 0.107. The third kappa shape index (κ3) is 7.07. The number of carbonyl (C=O) groups is 2. The zero-order valence-corrected chi connectivity index (χ0v) is 15.9. The van der Waals surface area contributed by atoms with Gasteiger partial charge in [-0.25, -0.2) is 0 Å². The summed E-state index contributed by atoms with van der Waals surface area (Å²) in [5.41, 5.74) is 2.19. The number of nitrogens with one attached hydrogen (secondary N) is 2. The largest absolute Gasteiger partial charge is 0.351 e. The maximum Gasteiger partial charge on any atom is 0.251 e. The molecule has 0 radical (unpaired) electrons. The normalized spacial score (nSPS) is 10.9. The lowest BCUT2D eigenvalue weighted by Crippen LogP contribution is -2.34. The molecule has 0 fully saturated rings. The summed E-state index contributed by atoms with van der Waals surface area (Å²) in [6, 6.07) is 16.5. The van der Waals surface area contributed by atoms with E-state index in [-0.39, 0.29) is 11.8 Å². The van der Waals surface area contributed by atoms with Gasteiger partial charge in [-0.3, -0.25) is 9.59 Å². The Kier molecular flexibility index (Phi) is 8.26. The number of carbonyl (C=O) groups excluding carboxylic acids is 2. The molecular formula is C22H27N3O2. The molecule has 27 heavy (non-hydrogen) atoms. The van der Waals surface area contributed by atoms with Crippen LogP contribution in [0, 0.1) is 0 Å². The number of hydrogen-bond acceptors (Lipinski definition) is 3. The lowest BCUT2D eigenvalue weighted by Gasteiger charge is -2.17. The summed E-state index contributed by atoms with van der Waals surface area (Å²) in [5, 5.41) is 5.71. The highest BCUT2D eigenvalue weighted by Crippen LogP contribution is 2.10. The van der Waals surface area contributed by atoms with Crippen LogP contribution >= 0.6 is 0 Å². The van der Waals surface area contributed by atoms with E-state index < -0.39 is 0 Å². The molecule has 0 saturated carbocycles. The molecule has 2 rings (SSSR count). The molecule has 5 nitrogen and oxygen atoms in total. The summed E-state index contributed by atoms with van der Waals surface area (Å²) in [7, 11) is 0. The van der Waals surface area contributed by atoms with Crippen molar-refractivity contribution < 1.29 is 9.59 Å². The first kappa shape index (κ1) is 20.4. The Labute approximate surface area is 161 Å². The second kappa shape index (κ2) is 10.9. The number of hydrogen-bond donors (Lipinski definition) is 2. The van der Waals surface area contributed by atoms with Crippen LogP contribution in [0.25, 0.3) is 6.08 Å². The van der Waals surface area contributed by atoms with Crippen LogP contribution in [-0.4, -0.2) is 42.9 Å². The Hall–Kier alpha value is -2.92. The highest BCUT2D eigenvalue weighted by molar-refractivity contribution is 6.02. The van der Waals surface area contributed by atoms with Crippen LogP contribution in [0.5, 0.6) is 0 Å². The van der Waals surface area contributed by atoms with Gasteiger partial charge in [-0.15, -0.1) is 0 Å². The predicted molar refractivity (Wildman–Crippen MR) is 111 cm³/mol. The fourth-order valence-electron chi connectivity index (χ4n) is 2.59. The van der Waals surface area contributed by atoms with Crippen molar-refractivity contribution in [2.24, 2.45) is 0 Å². The van der Waals surface area contributed by atoms with Gasteiger partial charge in [-0.1, -0.05) is 44.2 Å². The Morgan fingerprint density at radius 2 is 1.63 bits per heavy atom. The minimum Gasteiger partial charge on any atom is -0.351 e. The van der Waals surface area contributed by atoms with E-state index in [9.17, 15) is 9.59 Å². The van der Waals surface area contributed by atoms with Crippen LogP contribution in [-0.2, 0) is 4.79 Å². The van der Waals surface area contributed by atoms with E-state index in [2.05, 4.69) is 29.4 Å². The molecule has 0 unspecified atom stereocenters. The third-order valence-electron chi connectivity index (χ3n) is 4.25. The fraction of sp³-hybridized carbons (Fsp3) is 0.273. The average molecular weight is 365 g/mol. The van der Waals surface area contributed by atoms with Crippen molar-refractivity contribution in [1.29, 1.82) is 0 Å². The number of amides is 2. The summed E-state index contributed by atoms with van der Waals surface area (Å²) in [4.78, 5) is 26.4. The van der Waals surface area contributed by atoms with Gasteiger partial charge in [0.25, 0.3) is 5.91 Å². The molecule has 0 spiro atoms. The van der Waals surface area contributed by atoms with Gasteiger partial charge in [0.05, 0.1) is 0 Å². The van der Waals surface area contributed by atoms with Crippen molar-refractivity contribution in [1.82, 2.24) is 10.2 Å². The molecular weight excluding hydrogens is 338 g/mol. The van der Waals surface area contributed by atoms with Crippen molar-refractivity contribution in [3.63, 3.8) is 0 Å². The van der Waals surface area contributed by atoms with E-state index in [1.165, 1.54) is 6.08 Å². The van der Waals surface area contributed by atoms with Gasteiger partial charge in [-0.05, 0) is 49.0 Å². The molecule has 0 atom stereocenters. The SMILES string of the molecule is CCN(CC)CCNC(=O)c1ccc(NC(=O)/C=C/c2ccccc2)cc1. The summed E-state index contributed by atoms with van der Waals surface area (Å²) >= 11 is 0.